The summed E-state index contributed by atoms with van der Waals surface area (Å²) >= 11 is 0. The van der Waals surface area contributed by atoms with Gasteiger partial charge >= 0.3 is 0 Å². The molecule has 10 heteroatoms. The van der Waals surface area contributed by atoms with Crippen LogP contribution in [0.3, 0.4) is 0 Å². The van der Waals surface area contributed by atoms with Crippen LogP contribution >= 0.6 is 0 Å². The molecule has 1 amide bonds. The molecule has 2 aromatic heterocycles. The van der Waals surface area contributed by atoms with Crippen molar-refractivity contribution in [1.29, 1.82) is 0 Å². The van der Waals surface area contributed by atoms with Crippen LogP contribution in [0, 0.1) is 12.3 Å². The smallest absolute Gasteiger partial charge is 0.252 e. The lowest BCUT2D eigenvalue weighted by Gasteiger charge is -2.24. The third-order valence-electron chi connectivity index (χ3n) is 4.52. The summed E-state index contributed by atoms with van der Waals surface area (Å²) in [6, 6.07) is 0. The molecule has 142 valence electrons. The third-order valence-corrected chi connectivity index (χ3v) is 4.52. The van der Waals surface area contributed by atoms with Gasteiger partial charge in [-0.1, -0.05) is 0 Å². The molecule has 0 aromatic carbocycles. The number of nitrogen functional groups attached to an aromatic ring is 1. The van der Waals surface area contributed by atoms with E-state index in [1.807, 2.05) is 0 Å². The highest BCUT2D eigenvalue weighted by Crippen LogP contribution is 2.43. The summed E-state index contributed by atoms with van der Waals surface area (Å²) in [5, 5.41) is 2.77. The highest BCUT2D eigenvalue weighted by molar-refractivity contribution is 5.83. The predicted octanol–water partition coefficient (Wildman–Crippen LogP) is -0.0345. The number of terminal acetylenes is 1. The van der Waals surface area contributed by atoms with E-state index in [2.05, 4.69) is 26.2 Å². The fraction of sp³-hybridized carbons (Fsp3) is 0.529. The van der Waals surface area contributed by atoms with E-state index in [1.165, 1.54) is 6.33 Å². The van der Waals surface area contributed by atoms with Gasteiger partial charge in [-0.2, -0.15) is 0 Å². The van der Waals surface area contributed by atoms with Crippen LogP contribution in [0.2, 0.25) is 0 Å². The number of aromatic nitrogens is 4. The van der Waals surface area contributed by atoms with Crippen molar-refractivity contribution in [2.75, 3.05) is 12.3 Å². The molecular weight excluding hydrogens is 352 g/mol. The molecule has 4 atom stereocenters. The van der Waals surface area contributed by atoms with Crippen molar-refractivity contribution in [2.24, 2.45) is 0 Å². The Hall–Kier alpha value is -2.74. The molecule has 2 fully saturated rings. The zero-order chi connectivity index (χ0) is 19.2. The van der Waals surface area contributed by atoms with Crippen LogP contribution in [0.25, 0.3) is 11.2 Å². The molecule has 2 aliphatic heterocycles. The average molecular weight is 372 g/mol. The largest absolute Gasteiger partial charge is 0.382 e. The summed E-state index contributed by atoms with van der Waals surface area (Å²) in [6.07, 6.45) is 5.96. The lowest BCUT2D eigenvalue weighted by molar-refractivity contribution is -0.197. The summed E-state index contributed by atoms with van der Waals surface area (Å²) in [6.45, 7) is 3.95. The van der Waals surface area contributed by atoms with E-state index < -0.39 is 30.3 Å². The highest BCUT2D eigenvalue weighted by Gasteiger charge is 2.58. The lowest BCUT2D eigenvalue weighted by atomic mass is 10.1. The van der Waals surface area contributed by atoms with Crippen molar-refractivity contribution >= 4 is 22.9 Å². The minimum atomic E-state index is -0.851. The first-order valence-corrected chi connectivity index (χ1v) is 8.56. The molecule has 2 aromatic rings. The van der Waals surface area contributed by atoms with E-state index in [0.29, 0.717) is 24.1 Å². The Morgan fingerprint density at radius 2 is 2.15 bits per heavy atom. The number of anilines is 1. The monoisotopic (exact) mass is 372 g/mol. The van der Waals surface area contributed by atoms with Crippen LogP contribution in [-0.2, 0) is 19.0 Å². The number of imidazole rings is 1. The van der Waals surface area contributed by atoms with Gasteiger partial charge in [-0.05, 0) is 13.8 Å². The minimum Gasteiger partial charge on any atom is -0.382 e. The standard InChI is InChI=1S/C17H20N6O4/c1-4-5-6-19-15(24)11-10-12(27-17(2,3)26-10)16(25-11)23-8-22-9-13(18)20-7-21-14(9)23/h1,7-8,10-12,16H,5-6H2,2-3H3,(H,19,24)(H2,18,20,21)/t10-,11+,12-,16-/m1/s1. The van der Waals surface area contributed by atoms with E-state index in [9.17, 15) is 4.79 Å². The second-order valence-corrected chi connectivity index (χ2v) is 6.84. The van der Waals surface area contributed by atoms with Crippen LogP contribution in [0.15, 0.2) is 12.7 Å². The maximum Gasteiger partial charge on any atom is 0.252 e. The summed E-state index contributed by atoms with van der Waals surface area (Å²) in [5.74, 6) is 1.59. The Kier molecular flexibility index (Phi) is 4.22. The fourth-order valence-electron chi connectivity index (χ4n) is 3.43. The van der Waals surface area contributed by atoms with Gasteiger partial charge in [0.25, 0.3) is 5.91 Å². The third kappa shape index (κ3) is 2.99. The molecule has 2 saturated heterocycles. The predicted molar refractivity (Wildman–Crippen MR) is 93.9 cm³/mol. The van der Waals surface area contributed by atoms with E-state index in [-0.39, 0.29) is 11.7 Å². The molecule has 0 saturated carbocycles. The molecule has 27 heavy (non-hydrogen) atoms. The molecule has 0 radical (unpaired) electrons. The fourth-order valence-corrected chi connectivity index (χ4v) is 3.43. The lowest BCUT2D eigenvalue weighted by Crippen LogP contribution is -2.43. The highest BCUT2D eigenvalue weighted by atomic mass is 16.8. The molecular formula is C17H20N6O4. The molecule has 0 unspecified atom stereocenters. The van der Waals surface area contributed by atoms with Crippen LogP contribution in [0.4, 0.5) is 5.82 Å². The van der Waals surface area contributed by atoms with Crippen LogP contribution in [0.5, 0.6) is 0 Å². The SMILES string of the molecule is C#CCCNC(=O)[C@H]1O[C@@H](n2cnc3c(N)ncnc32)[C@@H]2OC(C)(C)O[C@@H]21. The Labute approximate surface area is 155 Å². The number of fused-ring (bicyclic) bond motifs is 2. The molecule has 3 N–H and O–H groups in total. The number of nitrogens with one attached hydrogen (secondary N) is 1. The van der Waals surface area contributed by atoms with E-state index >= 15 is 0 Å². The van der Waals surface area contributed by atoms with Crippen molar-refractivity contribution < 1.29 is 19.0 Å². The zero-order valence-electron chi connectivity index (χ0n) is 15.0. The van der Waals surface area contributed by atoms with Gasteiger partial charge in [0.05, 0.1) is 6.33 Å². The van der Waals surface area contributed by atoms with Crippen molar-refractivity contribution in [3.63, 3.8) is 0 Å². The number of carbonyl (C=O) groups is 1. The van der Waals surface area contributed by atoms with Crippen LogP contribution in [0.1, 0.15) is 26.5 Å². The zero-order valence-corrected chi connectivity index (χ0v) is 15.0. The molecule has 4 rings (SSSR count). The van der Waals surface area contributed by atoms with Crippen molar-refractivity contribution in [2.45, 2.75) is 50.6 Å². The molecule has 2 aliphatic rings. The van der Waals surface area contributed by atoms with E-state index in [4.69, 9.17) is 26.4 Å². The summed E-state index contributed by atoms with van der Waals surface area (Å²) in [7, 11) is 0. The topological polar surface area (TPSA) is 126 Å². The second-order valence-electron chi connectivity index (χ2n) is 6.84. The number of carbonyl (C=O) groups excluding carboxylic acids is 1. The van der Waals surface area contributed by atoms with Gasteiger partial charge in [-0.15, -0.1) is 12.3 Å². The summed E-state index contributed by atoms with van der Waals surface area (Å²) in [5.41, 5.74) is 6.81. The molecule has 4 heterocycles. The van der Waals surface area contributed by atoms with E-state index in [1.54, 1.807) is 24.7 Å². The first-order valence-electron chi connectivity index (χ1n) is 8.56. The Morgan fingerprint density at radius 3 is 2.93 bits per heavy atom. The normalized spacial score (nSPS) is 28.8. The summed E-state index contributed by atoms with van der Waals surface area (Å²) in [4.78, 5) is 25.0. The average Bonchev–Trinajstić information content (AvgIpc) is 3.26. The second kappa shape index (κ2) is 6.45. The van der Waals surface area contributed by atoms with E-state index in [0.717, 1.165) is 0 Å². The van der Waals surface area contributed by atoms with Crippen molar-refractivity contribution in [3.05, 3.63) is 12.7 Å². The molecule has 0 aliphatic carbocycles. The number of hydrogen-bond donors (Lipinski definition) is 2. The van der Waals surface area contributed by atoms with Gasteiger partial charge in [-0.3, -0.25) is 9.36 Å². The maximum atomic E-state index is 12.6. The number of hydrogen-bond acceptors (Lipinski definition) is 8. The van der Waals surface area contributed by atoms with Gasteiger partial charge < -0.3 is 25.3 Å². The van der Waals surface area contributed by atoms with Gasteiger partial charge in [-0.25, -0.2) is 15.0 Å². The Bertz CT molecular complexity index is 920. The summed E-state index contributed by atoms with van der Waals surface area (Å²) < 4.78 is 19.6. The molecule has 0 bridgehead atoms. The quantitative estimate of drug-likeness (QED) is 0.566. The minimum absolute atomic E-state index is 0.265. The number of rotatable bonds is 4. The van der Waals surface area contributed by atoms with Crippen molar-refractivity contribution in [1.82, 2.24) is 24.8 Å². The number of nitrogens with zero attached hydrogens (tertiary/aromatic N) is 4. The maximum absolute atomic E-state index is 12.6. The number of amides is 1. The van der Waals surface area contributed by atoms with Crippen LogP contribution < -0.4 is 11.1 Å². The van der Waals surface area contributed by atoms with Gasteiger partial charge in [0.1, 0.15) is 24.1 Å². The first-order chi connectivity index (χ1) is 12.9. The van der Waals surface area contributed by atoms with Crippen LogP contribution in [-0.4, -0.2) is 56.1 Å². The Morgan fingerprint density at radius 1 is 1.37 bits per heavy atom. The van der Waals surface area contributed by atoms with Gasteiger partial charge in [0.2, 0.25) is 0 Å². The Balaban J connectivity index is 1.66. The van der Waals surface area contributed by atoms with Gasteiger partial charge in [0.15, 0.2) is 29.6 Å². The molecule has 0 spiro atoms. The first kappa shape index (κ1) is 17.7. The number of ether oxygens (including phenoxy) is 3. The van der Waals surface area contributed by atoms with Gasteiger partial charge in [0, 0.05) is 13.0 Å². The molecule has 10 nitrogen and oxygen atoms in total. The van der Waals surface area contributed by atoms with Crippen molar-refractivity contribution in [3.8, 4) is 12.3 Å². The number of nitrogens with two attached hydrogens (primary N) is 1.